The van der Waals surface area contributed by atoms with Gasteiger partial charge in [0.15, 0.2) is 11.6 Å². The molecule has 2 aromatic heterocycles. The number of nitrogens with zero attached hydrogens (tertiary/aromatic N) is 5. The number of rotatable bonds is 3. The van der Waals surface area contributed by atoms with Gasteiger partial charge < -0.3 is 10.2 Å². The van der Waals surface area contributed by atoms with Crippen molar-refractivity contribution in [1.82, 2.24) is 19.9 Å². The van der Waals surface area contributed by atoms with Crippen LogP contribution in [0.2, 0.25) is 0 Å². The Morgan fingerprint density at radius 3 is 2.14 bits per heavy atom. The predicted octanol–water partition coefficient (Wildman–Crippen LogP) is 3.43. The minimum absolute atomic E-state index is 0.251. The number of benzene rings is 2. The number of aromatic nitrogens is 4. The summed E-state index contributed by atoms with van der Waals surface area (Å²) < 4.78 is 0. The Morgan fingerprint density at radius 2 is 1.43 bits per heavy atom. The van der Waals surface area contributed by atoms with Crippen LogP contribution < -0.4 is 10.2 Å². The number of carbonyl (C=O) groups is 1. The van der Waals surface area contributed by atoms with Gasteiger partial charge in [0.05, 0.1) is 28.3 Å². The second-order valence-electron chi connectivity index (χ2n) is 6.78. The maximum atomic E-state index is 12.9. The zero-order valence-electron chi connectivity index (χ0n) is 15.2. The van der Waals surface area contributed by atoms with Gasteiger partial charge in [-0.25, -0.2) is 15.0 Å². The molecule has 1 aliphatic heterocycles. The van der Waals surface area contributed by atoms with E-state index in [4.69, 9.17) is 4.98 Å². The number of hydrogen-bond acceptors (Lipinski definition) is 6. The van der Waals surface area contributed by atoms with Gasteiger partial charge in [0, 0.05) is 13.1 Å². The molecule has 1 N–H and O–H groups in total. The summed E-state index contributed by atoms with van der Waals surface area (Å²) in [4.78, 5) is 33.2. The maximum absolute atomic E-state index is 12.9. The molecule has 7 nitrogen and oxygen atoms in total. The van der Waals surface area contributed by atoms with Crippen molar-refractivity contribution in [3.05, 3.63) is 60.4 Å². The van der Waals surface area contributed by atoms with Gasteiger partial charge in [-0.05, 0) is 37.1 Å². The Morgan fingerprint density at radius 1 is 0.821 bits per heavy atom. The number of anilines is 2. The van der Waals surface area contributed by atoms with E-state index in [9.17, 15) is 4.79 Å². The van der Waals surface area contributed by atoms with Gasteiger partial charge in [-0.15, -0.1) is 0 Å². The van der Waals surface area contributed by atoms with E-state index in [-0.39, 0.29) is 11.6 Å². The quantitative estimate of drug-likeness (QED) is 0.595. The lowest BCUT2D eigenvalue weighted by atomic mass is 10.3. The fourth-order valence-corrected chi connectivity index (χ4v) is 3.46. The smallest absolute Gasteiger partial charge is 0.277 e. The minimum Gasteiger partial charge on any atom is -0.354 e. The van der Waals surface area contributed by atoms with Crippen LogP contribution >= 0.6 is 0 Å². The number of fused-ring (bicyclic) bond motifs is 2. The van der Waals surface area contributed by atoms with Gasteiger partial charge in [-0.1, -0.05) is 24.3 Å². The Bertz CT molecular complexity index is 1190. The molecule has 4 aromatic rings. The van der Waals surface area contributed by atoms with Gasteiger partial charge >= 0.3 is 0 Å². The first-order valence-electron chi connectivity index (χ1n) is 9.33. The summed E-state index contributed by atoms with van der Waals surface area (Å²) in [5.41, 5.74) is 3.24. The summed E-state index contributed by atoms with van der Waals surface area (Å²) in [6, 6.07) is 15.1. The van der Waals surface area contributed by atoms with Crippen LogP contribution in [-0.4, -0.2) is 38.9 Å². The highest BCUT2D eigenvalue weighted by Gasteiger charge is 2.21. The average molecular weight is 370 g/mol. The average Bonchev–Trinajstić information content (AvgIpc) is 3.27. The molecule has 0 aliphatic carbocycles. The molecule has 2 aromatic carbocycles. The van der Waals surface area contributed by atoms with E-state index in [1.165, 1.54) is 6.20 Å². The van der Waals surface area contributed by atoms with Crippen LogP contribution in [0.5, 0.6) is 0 Å². The van der Waals surface area contributed by atoms with Gasteiger partial charge in [-0.2, -0.15) is 0 Å². The Kier molecular flexibility index (Phi) is 4.05. The summed E-state index contributed by atoms with van der Waals surface area (Å²) in [6.45, 7) is 1.82. The number of para-hydroxylation sites is 4. The third-order valence-corrected chi connectivity index (χ3v) is 4.87. The summed E-state index contributed by atoms with van der Waals surface area (Å²) in [5, 5.41) is 2.90. The molecule has 0 bridgehead atoms. The first kappa shape index (κ1) is 16.6. The molecule has 1 saturated heterocycles. The molecule has 0 atom stereocenters. The highest BCUT2D eigenvalue weighted by Crippen LogP contribution is 2.28. The summed E-state index contributed by atoms with van der Waals surface area (Å²) >= 11 is 0. The maximum Gasteiger partial charge on any atom is 0.277 e. The van der Waals surface area contributed by atoms with Crippen LogP contribution in [0.25, 0.3) is 22.1 Å². The SMILES string of the molecule is O=C(Nc1nc2ccccc2nc1N1CCCC1)c1cnc2ccccc2n1. The van der Waals surface area contributed by atoms with Gasteiger partial charge in [0.1, 0.15) is 5.69 Å². The predicted molar refractivity (Wildman–Crippen MR) is 108 cm³/mol. The van der Waals surface area contributed by atoms with Crippen LogP contribution in [-0.2, 0) is 0 Å². The van der Waals surface area contributed by atoms with E-state index in [1.807, 2.05) is 48.5 Å². The molecular weight excluding hydrogens is 352 g/mol. The number of amides is 1. The lowest BCUT2D eigenvalue weighted by molar-refractivity contribution is 0.102. The van der Waals surface area contributed by atoms with E-state index in [1.54, 1.807) is 0 Å². The third-order valence-electron chi connectivity index (χ3n) is 4.87. The molecule has 0 spiro atoms. The number of carbonyl (C=O) groups excluding carboxylic acids is 1. The normalized spacial score (nSPS) is 13.9. The van der Waals surface area contributed by atoms with Crippen LogP contribution in [0.1, 0.15) is 23.3 Å². The molecular formula is C21H18N6O. The standard InChI is InChI=1S/C21H18N6O/c28-21(18-13-22-14-7-1-2-8-15(14)23-18)26-19-20(27-11-5-6-12-27)25-17-10-4-3-9-16(17)24-19/h1-4,7-10,13H,5-6,11-12H2,(H,24,26,28). The summed E-state index contributed by atoms with van der Waals surface area (Å²) in [6.07, 6.45) is 3.71. The fourth-order valence-electron chi connectivity index (χ4n) is 3.46. The molecule has 1 fully saturated rings. The van der Waals surface area contributed by atoms with E-state index < -0.39 is 0 Å². The first-order chi connectivity index (χ1) is 13.8. The van der Waals surface area contributed by atoms with Gasteiger partial charge in [-0.3, -0.25) is 9.78 Å². The number of hydrogen-bond donors (Lipinski definition) is 1. The molecule has 1 aliphatic rings. The van der Waals surface area contributed by atoms with E-state index in [0.29, 0.717) is 17.2 Å². The highest BCUT2D eigenvalue weighted by molar-refractivity contribution is 6.04. The fraction of sp³-hybridized carbons (Fsp3) is 0.190. The van der Waals surface area contributed by atoms with Crippen molar-refractivity contribution >= 4 is 39.6 Å². The topological polar surface area (TPSA) is 83.9 Å². The third kappa shape index (κ3) is 3.00. The molecule has 1 amide bonds. The zero-order chi connectivity index (χ0) is 18.9. The van der Waals surface area contributed by atoms with Crippen molar-refractivity contribution in [1.29, 1.82) is 0 Å². The monoisotopic (exact) mass is 370 g/mol. The van der Waals surface area contributed by atoms with Crippen LogP contribution in [0, 0.1) is 0 Å². The van der Waals surface area contributed by atoms with Crippen molar-refractivity contribution in [2.75, 3.05) is 23.3 Å². The van der Waals surface area contributed by atoms with Gasteiger partial charge in [0.25, 0.3) is 5.91 Å². The van der Waals surface area contributed by atoms with Gasteiger partial charge in [0.2, 0.25) is 0 Å². The molecule has 138 valence electrons. The molecule has 0 radical (unpaired) electrons. The van der Waals surface area contributed by atoms with Crippen molar-refractivity contribution in [3.8, 4) is 0 Å². The molecule has 7 heteroatoms. The Labute approximate surface area is 161 Å². The molecule has 3 heterocycles. The molecule has 0 saturated carbocycles. The van der Waals surface area contributed by atoms with Crippen molar-refractivity contribution in [3.63, 3.8) is 0 Å². The van der Waals surface area contributed by atoms with E-state index in [2.05, 4.69) is 25.2 Å². The lowest BCUT2D eigenvalue weighted by Crippen LogP contribution is -2.23. The first-order valence-corrected chi connectivity index (χ1v) is 9.33. The Hall–Kier alpha value is -3.61. The largest absolute Gasteiger partial charge is 0.354 e. The zero-order valence-corrected chi connectivity index (χ0v) is 15.2. The van der Waals surface area contributed by atoms with E-state index >= 15 is 0 Å². The molecule has 5 rings (SSSR count). The molecule has 0 unspecified atom stereocenters. The van der Waals surface area contributed by atoms with Crippen molar-refractivity contribution < 1.29 is 4.79 Å². The minimum atomic E-state index is -0.344. The summed E-state index contributed by atoms with van der Waals surface area (Å²) in [5.74, 6) is 0.821. The second kappa shape index (κ2) is 6.84. The lowest BCUT2D eigenvalue weighted by Gasteiger charge is -2.20. The Balaban J connectivity index is 1.53. The van der Waals surface area contributed by atoms with Crippen molar-refractivity contribution in [2.24, 2.45) is 0 Å². The van der Waals surface area contributed by atoms with E-state index in [0.717, 1.165) is 42.5 Å². The van der Waals surface area contributed by atoms with Crippen LogP contribution in [0.4, 0.5) is 11.6 Å². The molecule has 28 heavy (non-hydrogen) atoms. The highest BCUT2D eigenvalue weighted by atomic mass is 16.2. The second-order valence-corrected chi connectivity index (χ2v) is 6.78. The number of nitrogens with one attached hydrogen (secondary N) is 1. The van der Waals surface area contributed by atoms with Crippen LogP contribution in [0.3, 0.4) is 0 Å². The van der Waals surface area contributed by atoms with Crippen LogP contribution in [0.15, 0.2) is 54.7 Å². The summed E-state index contributed by atoms with van der Waals surface area (Å²) in [7, 11) is 0. The van der Waals surface area contributed by atoms with Crippen molar-refractivity contribution in [2.45, 2.75) is 12.8 Å².